The molecule has 0 atom stereocenters. The molecule has 0 saturated carbocycles. The van der Waals surface area contributed by atoms with E-state index in [2.05, 4.69) is 0 Å². The van der Waals surface area contributed by atoms with Gasteiger partial charge in [-0.25, -0.2) is 5.84 Å². The van der Waals surface area contributed by atoms with E-state index in [0.717, 1.165) is 0 Å². The Morgan fingerprint density at radius 3 is 2.88 bits per heavy atom. The first kappa shape index (κ1) is 11.9. The molecule has 0 saturated heterocycles. The van der Waals surface area contributed by atoms with E-state index in [1.807, 2.05) is 5.43 Å². The number of nitrogens with one attached hydrogen (secondary N) is 1. The molecule has 0 aromatic heterocycles. The van der Waals surface area contributed by atoms with Crippen LogP contribution in [0.1, 0.15) is 5.56 Å². The highest BCUT2D eigenvalue weighted by Gasteiger charge is 2.14. The first-order chi connectivity index (χ1) is 7.56. The van der Waals surface area contributed by atoms with Gasteiger partial charge in [0.05, 0.1) is 10.5 Å². The van der Waals surface area contributed by atoms with Crippen molar-refractivity contribution in [3.05, 3.63) is 33.9 Å². The van der Waals surface area contributed by atoms with Crippen molar-refractivity contribution in [1.29, 1.82) is 0 Å². The summed E-state index contributed by atoms with van der Waals surface area (Å²) in [4.78, 5) is 20.9. The number of rotatable bonds is 4. The minimum Gasteiger partial charge on any atom is -0.483 e. The molecule has 86 valence electrons. The van der Waals surface area contributed by atoms with Crippen LogP contribution in [0.3, 0.4) is 0 Å². The highest BCUT2D eigenvalue weighted by atomic mass is 16.6. The topological polar surface area (TPSA) is 107 Å². The lowest BCUT2D eigenvalue weighted by molar-refractivity contribution is -0.385. The third-order valence-electron chi connectivity index (χ3n) is 1.97. The number of nitro benzene ring substituents is 1. The quantitative estimate of drug-likeness (QED) is 0.331. The summed E-state index contributed by atoms with van der Waals surface area (Å²) in [6, 6.07) is 4.40. The number of benzene rings is 1. The van der Waals surface area contributed by atoms with Crippen LogP contribution in [-0.2, 0) is 4.79 Å². The monoisotopic (exact) mass is 225 g/mol. The molecule has 0 bridgehead atoms. The molecule has 0 radical (unpaired) electrons. The highest BCUT2D eigenvalue weighted by Crippen LogP contribution is 2.26. The van der Waals surface area contributed by atoms with Crippen LogP contribution in [0.4, 0.5) is 5.69 Å². The molecule has 0 aliphatic heterocycles. The summed E-state index contributed by atoms with van der Waals surface area (Å²) in [5.41, 5.74) is 2.22. The van der Waals surface area contributed by atoms with Crippen molar-refractivity contribution in [2.75, 3.05) is 6.61 Å². The van der Waals surface area contributed by atoms with Crippen LogP contribution in [-0.4, -0.2) is 17.4 Å². The molecule has 1 aromatic rings. The second-order valence-corrected chi connectivity index (χ2v) is 3.01. The Labute approximate surface area is 91.3 Å². The highest BCUT2D eigenvalue weighted by molar-refractivity contribution is 5.76. The number of nitrogens with two attached hydrogens (primary N) is 1. The van der Waals surface area contributed by atoms with Crippen LogP contribution in [0.2, 0.25) is 0 Å². The van der Waals surface area contributed by atoms with Gasteiger partial charge in [-0.15, -0.1) is 0 Å². The largest absolute Gasteiger partial charge is 0.483 e. The van der Waals surface area contributed by atoms with Gasteiger partial charge in [-0.2, -0.15) is 0 Å². The summed E-state index contributed by atoms with van der Waals surface area (Å²) < 4.78 is 5.08. The van der Waals surface area contributed by atoms with Crippen LogP contribution in [0.25, 0.3) is 0 Å². The Morgan fingerprint density at radius 2 is 2.31 bits per heavy atom. The molecule has 16 heavy (non-hydrogen) atoms. The molecule has 0 fully saturated rings. The van der Waals surface area contributed by atoms with E-state index in [1.165, 1.54) is 12.1 Å². The molecule has 0 aliphatic rings. The Bertz CT molecular complexity index is 419. The standard InChI is InChI=1S/C9H11N3O4/c1-6-7(12(14)15)3-2-4-8(6)16-5-9(13)11-10/h2-4H,5,10H2,1H3,(H,11,13). The summed E-state index contributed by atoms with van der Waals surface area (Å²) in [6.45, 7) is 1.27. The van der Waals surface area contributed by atoms with Gasteiger partial charge in [-0.1, -0.05) is 6.07 Å². The first-order valence-corrected chi connectivity index (χ1v) is 4.42. The van der Waals surface area contributed by atoms with Gasteiger partial charge in [0.25, 0.3) is 11.6 Å². The molecule has 0 heterocycles. The van der Waals surface area contributed by atoms with Gasteiger partial charge in [0.1, 0.15) is 5.75 Å². The van der Waals surface area contributed by atoms with E-state index in [0.29, 0.717) is 5.56 Å². The van der Waals surface area contributed by atoms with Crippen LogP contribution < -0.4 is 16.0 Å². The molecule has 3 N–H and O–H groups in total. The summed E-state index contributed by atoms with van der Waals surface area (Å²) in [5.74, 6) is 4.65. The summed E-state index contributed by atoms with van der Waals surface area (Å²) in [5, 5.41) is 10.6. The molecule has 0 aliphatic carbocycles. The van der Waals surface area contributed by atoms with E-state index in [4.69, 9.17) is 10.6 Å². The van der Waals surface area contributed by atoms with Crippen LogP contribution in [0, 0.1) is 17.0 Å². The third-order valence-corrected chi connectivity index (χ3v) is 1.97. The second-order valence-electron chi connectivity index (χ2n) is 3.01. The number of carbonyl (C=O) groups excluding carboxylic acids is 1. The lowest BCUT2D eigenvalue weighted by atomic mass is 10.2. The maximum Gasteiger partial charge on any atom is 0.276 e. The maximum absolute atomic E-state index is 10.8. The van der Waals surface area contributed by atoms with Crippen LogP contribution >= 0.6 is 0 Å². The smallest absolute Gasteiger partial charge is 0.276 e. The molecular formula is C9H11N3O4. The predicted molar refractivity (Wildman–Crippen MR) is 55.7 cm³/mol. The Morgan fingerprint density at radius 1 is 1.62 bits per heavy atom. The molecule has 1 aromatic carbocycles. The van der Waals surface area contributed by atoms with Gasteiger partial charge >= 0.3 is 0 Å². The molecular weight excluding hydrogens is 214 g/mol. The fourth-order valence-electron chi connectivity index (χ4n) is 1.14. The second kappa shape index (κ2) is 5.08. The average molecular weight is 225 g/mol. The summed E-state index contributed by atoms with van der Waals surface area (Å²) in [7, 11) is 0. The normalized spacial score (nSPS) is 9.62. The SMILES string of the molecule is Cc1c(OCC(=O)NN)cccc1[N+](=O)[O-]. The number of ether oxygens (including phenoxy) is 1. The fourth-order valence-corrected chi connectivity index (χ4v) is 1.14. The number of carbonyl (C=O) groups is 1. The van der Waals surface area contributed by atoms with Gasteiger partial charge < -0.3 is 4.74 Å². The number of hydrazine groups is 1. The van der Waals surface area contributed by atoms with Crippen molar-refractivity contribution in [3.8, 4) is 5.75 Å². The Balaban J connectivity index is 2.85. The minimum atomic E-state index is -0.509. The van der Waals surface area contributed by atoms with Crippen molar-refractivity contribution in [2.24, 2.45) is 5.84 Å². The van der Waals surface area contributed by atoms with Gasteiger partial charge in [0, 0.05) is 6.07 Å². The molecule has 0 spiro atoms. The van der Waals surface area contributed by atoms with Crippen molar-refractivity contribution >= 4 is 11.6 Å². The van der Waals surface area contributed by atoms with E-state index < -0.39 is 10.8 Å². The lowest BCUT2D eigenvalue weighted by Crippen LogP contribution is -2.34. The minimum absolute atomic E-state index is 0.0503. The lowest BCUT2D eigenvalue weighted by Gasteiger charge is -2.07. The zero-order valence-electron chi connectivity index (χ0n) is 8.60. The van der Waals surface area contributed by atoms with E-state index >= 15 is 0 Å². The Hall–Kier alpha value is -2.15. The van der Waals surface area contributed by atoms with Gasteiger partial charge in [0.2, 0.25) is 0 Å². The van der Waals surface area contributed by atoms with Crippen LogP contribution in [0.15, 0.2) is 18.2 Å². The number of hydrogen-bond acceptors (Lipinski definition) is 5. The molecule has 7 heteroatoms. The first-order valence-electron chi connectivity index (χ1n) is 4.42. The van der Waals surface area contributed by atoms with Crippen molar-refractivity contribution in [2.45, 2.75) is 6.92 Å². The van der Waals surface area contributed by atoms with Gasteiger partial charge in [-0.05, 0) is 13.0 Å². The number of amides is 1. The summed E-state index contributed by atoms with van der Waals surface area (Å²) in [6.07, 6.45) is 0. The zero-order valence-corrected chi connectivity index (χ0v) is 8.60. The van der Waals surface area contributed by atoms with E-state index in [9.17, 15) is 14.9 Å². The van der Waals surface area contributed by atoms with E-state index in [-0.39, 0.29) is 18.0 Å². The van der Waals surface area contributed by atoms with E-state index in [1.54, 1.807) is 13.0 Å². The third kappa shape index (κ3) is 2.67. The van der Waals surface area contributed by atoms with Crippen molar-refractivity contribution in [3.63, 3.8) is 0 Å². The van der Waals surface area contributed by atoms with Crippen molar-refractivity contribution < 1.29 is 14.5 Å². The number of nitrogens with zero attached hydrogens (tertiary/aromatic N) is 1. The molecule has 1 amide bonds. The summed E-state index contributed by atoms with van der Waals surface area (Å²) >= 11 is 0. The maximum atomic E-state index is 10.8. The predicted octanol–water partition coefficient (Wildman–Crippen LogP) is 0.272. The molecule has 1 rings (SSSR count). The fraction of sp³-hybridized carbons (Fsp3) is 0.222. The molecule has 0 unspecified atom stereocenters. The van der Waals surface area contributed by atoms with Crippen LogP contribution in [0.5, 0.6) is 5.75 Å². The van der Waals surface area contributed by atoms with Crippen molar-refractivity contribution in [1.82, 2.24) is 5.43 Å². The number of nitro groups is 1. The molecule has 7 nitrogen and oxygen atoms in total. The average Bonchev–Trinajstić information content (AvgIpc) is 2.26. The Kier molecular flexibility index (Phi) is 3.78. The van der Waals surface area contributed by atoms with Gasteiger partial charge in [0.15, 0.2) is 6.61 Å². The number of hydrogen-bond donors (Lipinski definition) is 2. The zero-order chi connectivity index (χ0) is 12.1. The van der Waals surface area contributed by atoms with Gasteiger partial charge in [-0.3, -0.25) is 20.3 Å².